The molecule has 1 aliphatic rings. The summed E-state index contributed by atoms with van der Waals surface area (Å²) in [5, 5.41) is 5.63. The summed E-state index contributed by atoms with van der Waals surface area (Å²) in [5.41, 5.74) is 0.262. The number of nitrogens with one attached hydrogen (secondary N) is 1. The highest BCUT2D eigenvalue weighted by Crippen LogP contribution is 2.34. The average Bonchev–Trinajstić information content (AvgIpc) is 2.96. The van der Waals surface area contributed by atoms with E-state index in [0.29, 0.717) is 0 Å². The molecular weight excluding hydrogens is 314 g/mol. The molecule has 1 fully saturated rings. The lowest BCUT2D eigenvalue weighted by molar-refractivity contribution is 0.145. The maximum absolute atomic E-state index is 5.62. The monoisotopic (exact) mass is 333 g/mol. The molecule has 0 amide bonds. The summed E-state index contributed by atoms with van der Waals surface area (Å²) >= 11 is 5.34. The summed E-state index contributed by atoms with van der Waals surface area (Å²) in [5.74, 6) is 0. The van der Waals surface area contributed by atoms with Crippen LogP contribution in [0.4, 0.5) is 0 Å². The molecule has 5 heteroatoms. The van der Waals surface area contributed by atoms with Crippen molar-refractivity contribution in [3.63, 3.8) is 0 Å². The van der Waals surface area contributed by atoms with Crippen molar-refractivity contribution in [2.45, 2.75) is 12.8 Å². The summed E-state index contributed by atoms with van der Waals surface area (Å²) in [6, 6.07) is 2.22. The van der Waals surface area contributed by atoms with Crippen LogP contribution in [0, 0.1) is 5.41 Å². The van der Waals surface area contributed by atoms with Crippen molar-refractivity contribution in [3.8, 4) is 0 Å². The minimum absolute atomic E-state index is 0.262. The highest BCUT2D eigenvalue weighted by atomic mass is 79.9. The second-order valence-corrected chi connectivity index (χ2v) is 6.79. The zero-order valence-electron chi connectivity index (χ0n) is 10.7. The Labute approximate surface area is 121 Å². The molecular formula is C13H20BrNO2S. The van der Waals surface area contributed by atoms with Gasteiger partial charge >= 0.3 is 0 Å². The van der Waals surface area contributed by atoms with Crippen LogP contribution in [-0.4, -0.2) is 40.0 Å². The molecule has 2 rings (SSSR count). The highest BCUT2D eigenvalue weighted by Gasteiger charge is 2.35. The fourth-order valence-electron chi connectivity index (χ4n) is 2.33. The van der Waals surface area contributed by atoms with E-state index < -0.39 is 0 Å². The molecule has 0 saturated carbocycles. The first-order valence-corrected chi connectivity index (χ1v) is 7.92. The summed E-state index contributed by atoms with van der Waals surface area (Å²) in [6.45, 7) is 4.43. The van der Waals surface area contributed by atoms with Gasteiger partial charge in [-0.25, -0.2) is 0 Å². The van der Waals surface area contributed by atoms with Gasteiger partial charge in [-0.3, -0.25) is 0 Å². The zero-order valence-corrected chi connectivity index (χ0v) is 13.1. The van der Waals surface area contributed by atoms with Gasteiger partial charge in [-0.2, -0.15) is 0 Å². The van der Waals surface area contributed by atoms with Crippen molar-refractivity contribution in [1.82, 2.24) is 5.32 Å². The number of hydrogen-bond acceptors (Lipinski definition) is 4. The van der Waals surface area contributed by atoms with Crippen molar-refractivity contribution >= 4 is 27.3 Å². The maximum Gasteiger partial charge on any atom is 0.0587 e. The molecule has 1 saturated heterocycles. The van der Waals surface area contributed by atoms with Gasteiger partial charge in [0.15, 0.2) is 0 Å². The zero-order chi connectivity index (χ0) is 12.8. The van der Waals surface area contributed by atoms with Crippen LogP contribution < -0.4 is 5.32 Å². The second kappa shape index (κ2) is 7.01. The Morgan fingerprint density at radius 2 is 2.50 bits per heavy atom. The topological polar surface area (TPSA) is 30.5 Å². The predicted molar refractivity (Wildman–Crippen MR) is 78.3 cm³/mol. The molecule has 3 nitrogen and oxygen atoms in total. The molecule has 0 bridgehead atoms. The van der Waals surface area contributed by atoms with E-state index in [-0.39, 0.29) is 5.41 Å². The molecule has 0 spiro atoms. The maximum atomic E-state index is 5.62. The molecule has 18 heavy (non-hydrogen) atoms. The van der Waals surface area contributed by atoms with Crippen molar-refractivity contribution in [2.75, 3.05) is 40.0 Å². The smallest absolute Gasteiger partial charge is 0.0587 e. The van der Waals surface area contributed by atoms with Gasteiger partial charge in [-0.15, -0.1) is 11.3 Å². The van der Waals surface area contributed by atoms with E-state index >= 15 is 0 Å². The fourth-order valence-corrected chi connectivity index (χ4v) is 3.96. The first-order valence-electron chi connectivity index (χ1n) is 6.24. The number of methoxy groups -OCH3 is 1. The van der Waals surface area contributed by atoms with Crippen LogP contribution in [0.25, 0.3) is 0 Å². The number of thiophene rings is 1. The van der Waals surface area contributed by atoms with E-state index in [1.165, 1.54) is 9.35 Å². The molecule has 1 atom stereocenters. The van der Waals surface area contributed by atoms with E-state index in [1.807, 2.05) is 11.3 Å². The Kier molecular flexibility index (Phi) is 5.63. The first-order chi connectivity index (χ1) is 8.74. The molecule has 0 radical (unpaired) electrons. The Bertz CT molecular complexity index is 364. The van der Waals surface area contributed by atoms with Gasteiger partial charge in [-0.1, -0.05) is 0 Å². The quantitative estimate of drug-likeness (QED) is 0.778. The Balaban J connectivity index is 1.89. The van der Waals surface area contributed by atoms with Gasteiger partial charge in [-0.05, 0) is 34.8 Å². The normalized spacial score (nSPS) is 23.7. The van der Waals surface area contributed by atoms with E-state index in [9.17, 15) is 0 Å². The van der Waals surface area contributed by atoms with Gasteiger partial charge in [0.1, 0.15) is 0 Å². The van der Waals surface area contributed by atoms with Crippen molar-refractivity contribution in [1.29, 1.82) is 0 Å². The second-order valence-electron chi connectivity index (χ2n) is 4.88. The van der Waals surface area contributed by atoms with Crippen molar-refractivity contribution in [2.24, 2.45) is 5.41 Å². The third-order valence-corrected chi connectivity index (χ3v) is 5.04. The third-order valence-electron chi connectivity index (χ3n) is 3.34. The van der Waals surface area contributed by atoms with Gasteiger partial charge in [0.25, 0.3) is 0 Å². The van der Waals surface area contributed by atoms with E-state index in [0.717, 1.165) is 45.8 Å². The van der Waals surface area contributed by atoms with Crippen LogP contribution >= 0.6 is 27.3 Å². The Hall–Kier alpha value is 0.0600. The van der Waals surface area contributed by atoms with Crippen LogP contribution in [0.3, 0.4) is 0 Å². The van der Waals surface area contributed by atoms with Gasteiger partial charge in [0, 0.05) is 47.0 Å². The van der Waals surface area contributed by atoms with Gasteiger partial charge in [0.2, 0.25) is 0 Å². The average molecular weight is 334 g/mol. The van der Waals surface area contributed by atoms with Gasteiger partial charge in [0.05, 0.1) is 13.2 Å². The van der Waals surface area contributed by atoms with Gasteiger partial charge < -0.3 is 14.8 Å². The van der Waals surface area contributed by atoms with Crippen molar-refractivity contribution < 1.29 is 9.47 Å². The minimum atomic E-state index is 0.262. The fraction of sp³-hybridized carbons (Fsp3) is 0.692. The van der Waals surface area contributed by atoms with Crippen LogP contribution in [0.5, 0.6) is 0 Å². The van der Waals surface area contributed by atoms with Crippen LogP contribution in [0.15, 0.2) is 15.9 Å². The Morgan fingerprint density at radius 3 is 3.11 bits per heavy atom. The first kappa shape index (κ1) is 14.5. The van der Waals surface area contributed by atoms with Crippen LogP contribution in [-0.2, 0) is 15.9 Å². The molecule has 0 aliphatic carbocycles. The third kappa shape index (κ3) is 4.03. The summed E-state index contributed by atoms with van der Waals surface area (Å²) in [6.07, 6.45) is 2.24. The summed E-state index contributed by atoms with van der Waals surface area (Å²) in [7, 11) is 1.74. The SMILES string of the molecule is COCCNCC1(Cc2cc(Br)cs2)CCOC1. The number of rotatable bonds is 7. The van der Waals surface area contributed by atoms with E-state index in [1.54, 1.807) is 7.11 Å². The lowest BCUT2D eigenvalue weighted by atomic mass is 9.83. The lowest BCUT2D eigenvalue weighted by Crippen LogP contribution is -2.37. The minimum Gasteiger partial charge on any atom is -0.383 e. The standard InChI is InChI=1S/C13H20BrNO2S/c1-16-5-3-15-9-13(2-4-17-10-13)7-12-6-11(14)8-18-12/h6,8,15H,2-5,7,9-10H2,1H3. The number of ether oxygens (including phenoxy) is 2. The molecule has 102 valence electrons. The number of halogens is 1. The summed E-state index contributed by atoms with van der Waals surface area (Å²) in [4.78, 5) is 1.43. The predicted octanol–water partition coefficient (Wildman–Crippen LogP) is 2.70. The molecule has 1 aromatic rings. The molecule has 1 unspecified atom stereocenters. The lowest BCUT2D eigenvalue weighted by Gasteiger charge is -2.27. The van der Waals surface area contributed by atoms with Crippen LogP contribution in [0.1, 0.15) is 11.3 Å². The molecule has 1 aromatic heterocycles. The van der Waals surface area contributed by atoms with Crippen LogP contribution in [0.2, 0.25) is 0 Å². The Morgan fingerprint density at radius 1 is 1.61 bits per heavy atom. The summed E-state index contributed by atoms with van der Waals surface area (Å²) < 4.78 is 11.9. The van der Waals surface area contributed by atoms with E-state index in [4.69, 9.17) is 9.47 Å². The van der Waals surface area contributed by atoms with Crippen molar-refractivity contribution in [3.05, 3.63) is 20.8 Å². The molecule has 0 aromatic carbocycles. The molecule has 1 N–H and O–H groups in total. The largest absolute Gasteiger partial charge is 0.383 e. The highest BCUT2D eigenvalue weighted by molar-refractivity contribution is 9.10. The molecule has 1 aliphatic heterocycles. The van der Waals surface area contributed by atoms with E-state index in [2.05, 4.69) is 32.7 Å². The number of hydrogen-bond donors (Lipinski definition) is 1. The molecule has 2 heterocycles.